The van der Waals surface area contributed by atoms with Gasteiger partial charge >= 0.3 is 6.03 Å². The third-order valence-electron chi connectivity index (χ3n) is 8.88. The third kappa shape index (κ3) is 8.59. The first kappa shape index (κ1) is 32.8. The van der Waals surface area contributed by atoms with E-state index in [0.717, 1.165) is 50.4 Å². The van der Waals surface area contributed by atoms with Gasteiger partial charge in [0.1, 0.15) is 0 Å². The molecule has 4 aromatic rings. The molecule has 0 spiro atoms. The van der Waals surface area contributed by atoms with Gasteiger partial charge in [-0.3, -0.25) is 4.79 Å². The molecule has 2 aliphatic heterocycles. The lowest BCUT2D eigenvalue weighted by Crippen LogP contribution is -2.37. The van der Waals surface area contributed by atoms with E-state index in [1.54, 1.807) is 0 Å². The summed E-state index contributed by atoms with van der Waals surface area (Å²) in [6, 6.07) is 43.7. The number of fused-ring (bicyclic) bond motifs is 1. The van der Waals surface area contributed by atoms with Crippen molar-refractivity contribution < 1.29 is 9.59 Å². The highest BCUT2D eigenvalue weighted by Gasteiger charge is 2.42. The second kappa shape index (κ2) is 16.6. The molecule has 2 aliphatic rings. The summed E-state index contributed by atoms with van der Waals surface area (Å²) in [4.78, 5) is 28.0. The maximum atomic E-state index is 14.0. The molecular formula is C38H43N3O2P2S. The Morgan fingerprint density at radius 3 is 1.59 bits per heavy atom. The van der Waals surface area contributed by atoms with E-state index in [9.17, 15) is 9.59 Å². The molecule has 0 unspecified atom stereocenters. The van der Waals surface area contributed by atoms with Crippen LogP contribution < -0.4 is 31.9 Å². The lowest BCUT2D eigenvalue weighted by atomic mass is 10.0. The van der Waals surface area contributed by atoms with Crippen LogP contribution in [0.25, 0.3) is 0 Å². The summed E-state index contributed by atoms with van der Waals surface area (Å²) in [5.74, 6) is 1.23. The number of amides is 3. The van der Waals surface area contributed by atoms with Crippen molar-refractivity contribution >= 4 is 60.8 Å². The molecule has 6 rings (SSSR count). The summed E-state index contributed by atoms with van der Waals surface area (Å²) in [7, 11) is -1.17. The molecule has 0 bridgehead atoms. The van der Waals surface area contributed by atoms with Crippen LogP contribution in [0.5, 0.6) is 0 Å². The number of benzene rings is 4. The van der Waals surface area contributed by atoms with Gasteiger partial charge in [0.15, 0.2) is 0 Å². The van der Waals surface area contributed by atoms with E-state index in [1.807, 2.05) is 11.8 Å². The quantitative estimate of drug-likeness (QED) is 0.0957. The van der Waals surface area contributed by atoms with E-state index in [4.69, 9.17) is 0 Å². The number of nitrogens with one attached hydrogen (secondary N) is 2. The molecule has 46 heavy (non-hydrogen) atoms. The van der Waals surface area contributed by atoms with Crippen molar-refractivity contribution in [3.8, 4) is 0 Å². The molecule has 238 valence electrons. The smallest absolute Gasteiger partial charge is 0.315 e. The average molecular weight is 668 g/mol. The van der Waals surface area contributed by atoms with Crippen LogP contribution in [0.1, 0.15) is 25.7 Å². The molecule has 5 nitrogen and oxygen atoms in total. The molecule has 3 amide bonds. The minimum Gasteiger partial charge on any atom is -0.342 e. The van der Waals surface area contributed by atoms with Gasteiger partial charge in [-0.15, -0.1) is 0 Å². The fourth-order valence-electron chi connectivity index (χ4n) is 6.47. The number of unbranched alkanes of at least 4 members (excludes halogenated alkanes) is 1. The molecule has 0 aliphatic carbocycles. The number of carbonyl (C=O) groups excluding carboxylic acids is 2. The van der Waals surface area contributed by atoms with E-state index in [2.05, 4.69) is 137 Å². The summed E-state index contributed by atoms with van der Waals surface area (Å²) in [6.45, 7) is 1.50. The number of nitrogens with zero attached hydrogens (tertiary/aromatic N) is 1. The van der Waals surface area contributed by atoms with Gasteiger partial charge in [0, 0.05) is 30.5 Å². The Labute approximate surface area is 280 Å². The molecule has 0 aromatic heterocycles. The van der Waals surface area contributed by atoms with Gasteiger partial charge < -0.3 is 15.5 Å². The molecule has 4 aromatic carbocycles. The molecule has 2 saturated heterocycles. The normalized spacial score (nSPS) is 18.7. The predicted octanol–water partition coefficient (Wildman–Crippen LogP) is 5.81. The van der Waals surface area contributed by atoms with Crippen molar-refractivity contribution in [2.24, 2.45) is 0 Å². The molecule has 8 heteroatoms. The Hall–Kier alpha value is -3.17. The van der Waals surface area contributed by atoms with Crippen molar-refractivity contribution in [2.75, 3.05) is 31.2 Å². The van der Waals surface area contributed by atoms with Crippen LogP contribution >= 0.6 is 27.6 Å². The minimum absolute atomic E-state index is 0.0388. The summed E-state index contributed by atoms with van der Waals surface area (Å²) in [6.07, 6.45) is 5.36. The van der Waals surface area contributed by atoms with Crippen molar-refractivity contribution in [2.45, 2.75) is 43.0 Å². The first-order chi connectivity index (χ1) is 22.7. The lowest BCUT2D eigenvalue weighted by molar-refractivity contribution is -0.130. The largest absolute Gasteiger partial charge is 0.342 e. The minimum atomic E-state index is -0.585. The first-order valence-electron chi connectivity index (χ1n) is 16.4. The van der Waals surface area contributed by atoms with E-state index in [-0.39, 0.29) is 24.0 Å². The van der Waals surface area contributed by atoms with Crippen LogP contribution in [0, 0.1) is 0 Å². The van der Waals surface area contributed by atoms with Crippen LogP contribution in [-0.2, 0) is 4.79 Å². The number of hydrogen-bond acceptors (Lipinski definition) is 3. The summed E-state index contributed by atoms with van der Waals surface area (Å²) in [5.41, 5.74) is 0. The van der Waals surface area contributed by atoms with E-state index < -0.39 is 15.8 Å². The Kier molecular flexibility index (Phi) is 11.8. The zero-order valence-corrected chi connectivity index (χ0v) is 28.8. The maximum Gasteiger partial charge on any atom is 0.315 e. The van der Waals surface area contributed by atoms with Gasteiger partial charge in [0.05, 0.1) is 12.1 Å². The SMILES string of the molecule is O=C1N[C@H]2[C@@H](CS[C@@H]2CCCCC(=O)N(CCP(c2ccccc2)c2ccccc2)CCP(c2ccccc2)c2ccccc2)N1. The van der Waals surface area contributed by atoms with Crippen LogP contribution in [0.2, 0.25) is 0 Å². The predicted molar refractivity (Wildman–Crippen MR) is 198 cm³/mol. The average Bonchev–Trinajstić information content (AvgIpc) is 3.66. The van der Waals surface area contributed by atoms with Crippen LogP contribution in [0.3, 0.4) is 0 Å². The number of hydrogen-bond donors (Lipinski definition) is 2. The molecular weight excluding hydrogens is 624 g/mol. The second-order valence-electron chi connectivity index (χ2n) is 11.9. The van der Waals surface area contributed by atoms with Gasteiger partial charge in [0.2, 0.25) is 5.91 Å². The highest BCUT2D eigenvalue weighted by atomic mass is 32.2. The van der Waals surface area contributed by atoms with Crippen molar-refractivity contribution in [3.05, 3.63) is 121 Å². The molecule has 2 N–H and O–H groups in total. The van der Waals surface area contributed by atoms with Gasteiger partial charge in [-0.2, -0.15) is 11.8 Å². The van der Waals surface area contributed by atoms with Crippen LogP contribution in [-0.4, -0.2) is 65.3 Å². The van der Waals surface area contributed by atoms with E-state index >= 15 is 0 Å². The summed E-state index contributed by atoms with van der Waals surface area (Å²) in [5, 5.41) is 12.0. The first-order valence-corrected chi connectivity index (χ1v) is 20.5. The van der Waals surface area contributed by atoms with E-state index in [0.29, 0.717) is 11.7 Å². The van der Waals surface area contributed by atoms with Crippen molar-refractivity contribution in [3.63, 3.8) is 0 Å². The fraction of sp³-hybridized carbons (Fsp3) is 0.316. The van der Waals surface area contributed by atoms with Crippen LogP contribution in [0.4, 0.5) is 4.79 Å². The highest BCUT2D eigenvalue weighted by Crippen LogP contribution is 2.36. The number of urea groups is 1. The lowest BCUT2D eigenvalue weighted by Gasteiger charge is -2.29. The van der Waals surface area contributed by atoms with E-state index in [1.165, 1.54) is 21.2 Å². The van der Waals surface area contributed by atoms with Gasteiger partial charge in [-0.05, 0) is 62.2 Å². The zero-order valence-electron chi connectivity index (χ0n) is 26.2. The van der Waals surface area contributed by atoms with Gasteiger partial charge in [0.25, 0.3) is 0 Å². The molecule has 2 fully saturated rings. The van der Waals surface area contributed by atoms with Crippen LogP contribution in [0.15, 0.2) is 121 Å². The highest BCUT2D eigenvalue weighted by molar-refractivity contribution is 8.00. The van der Waals surface area contributed by atoms with Gasteiger partial charge in [-0.1, -0.05) is 128 Å². The standard InChI is InChI=1S/C38H43N3O2P2S/c42-36(24-14-13-23-35-37-34(29-46-35)39-38(43)40-37)41(25-27-44(30-15-5-1-6-16-30)31-17-7-2-8-18-31)26-28-45(32-19-9-3-10-20-32)33-21-11-4-12-22-33/h1-12,15-22,34-35,37H,13-14,23-29H2,(H2,39,40,43)/t34-,35-,37+/m1/s1. The molecule has 0 saturated carbocycles. The Morgan fingerprint density at radius 2 is 1.13 bits per heavy atom. The molecule has 3 atom stereocenters. The summed E-state index contributed by atoms with van der Waals surface area (Å²) < 4.78 is 0. The van der Waals surface area contributed by atoms with Gasteiger partial charge in [-0.25, -0.2) is 4.79 Å². The summed E-state index contributed by atoms with van der Waals surface area (Å²) >= 11 is 1.95. The molecule has 0 radical (unpaired) electrons. The van der Waals surface area contributed by atoms with Crippen molar-refractivity contribution in [1.82, 2.24) is 15.5 Å². The Morgan fingerprint density at radius 1 is 0.674 bits per heavy atom. The Balaban J connectivity index is 1.14. The monoisotopic (exact) mass is 667 g/mol. The fourth-order valence-corrected chi connectivity index (χ4v) is 12.7. The number of rotatable bonds is 15. The molecule has 2 heterocycles. The maximum absolute atomic E-state index is 14.0. The number of carbonyl (C=O) groups is 2. The van der Waals surface area contributed by atoms with Crippen molar-refractivity contribution in [1.29, 1.82) is 0 Å². The second-order valence-corrected chi connectivity index (χ2v) is 17.8. The number of thioether (sulfide) groups is 1. The zero-order chi connectivity index (χ0) is 31.6. The third-order valence-corrected chi connectivity index (χ3v) is 15.4. The Bertz CT molecular complexity index is 1370. The topological polar surface area (TPSA) is 61.4 Å².